The zero-order valence-corrected chi connectivity index (χ0v) is 18.4. The van der Waals surface area contributed by atoms with Crippen LogP contribution in [0.1, 0.15) is 22.5 Å². The third-order valence-corrected chi connectivity index (χ3v) is 5.75. The predicted octanol–water partition coefficient (Wildman–Crippen LogP) is 4.70. The van der Waals surface area contributed by atoms with Crippen molar-refractivity contribution in [3.05, 3.63) is 63.9 Å². The molecule has 152 valence electrons. The molecule has 0 unspecified atom stereocenters. The van der Waals surface area contributed by atoms with Crippen LogP contribution in [0.3, 0.4) is 0 Å². The highest BCUT2D eigenvalue weighted by Gasteiger charge is 2.14. The standard InChI is InChI=1S/C21H23ClN4O2S/c1-13-6-5-7-14(2)20(13)23-19(27)12-29-21-25-24-18(26(21)4)11-28-17-9-8-16(22)10-15(17)3/h5-10H,11-12H2,1-4H3,(H,23,27). The number of halogens is 1. The SMILES string of the molecule is Cc1cc(Cl)ccc1OCc1nnc(SCC(=O)Nc2c(C)cccc2C)n1C. The summed E-state index contributed by atoms with van der Waals surface area (Å²) >= 11 is 7.31. The molecular weight excluding hydrogens is 408 g/mol. The molecule has 0 spiro atoms. The van der Waals surface area contributed by atoms with Gasteiger partial charge in [-0.25, -0.2) is 0 Å². The Morgan fingerprint density at radius 1 is 1.14 bits per heavy atom. The fourth-order valence-corrected chi connectivity index (χ4v) is 3.79. The van der Waals surface area contributed by atoms with Crippen molar-refractivity contribution in [1.29, 1.82) is 0 Å². The average Bonchev–Trinajstić information content (AvgIpc) is 3.02. The van der Waals surface area contributed by atoms with Gasteiger partial charge in [-0.05, 0) is 55.7 Å². The summed E-state index contributed by atoms with van der Waals surface area (Å²) in [5.41, 5.74) is 3.90. The number of carbonyl (C=O) groups is 1. The molecule has 1 heterocycles. The summed E-state index contributed by atoms with van der Waals surface area (Å²) in [7, 11) is 1.86. The molecular formula is C21H23ClN4O2S. The van der Waals surface area contributed by atoms with E-state index in [2.05, 4.69) is 15.5 Å². The van der Waals surface area contributed by atoms with Crippen LogP contribution in [-0.4, -0.2) is 26.4 Å². The number of hydrogen-bond donors (Lipinski definition) is 1. The normalized spacial score (nSPS) is 10.8. The number of aromatic nitrogens is 3. The van der Waals surface area contributed by atoms with Gasteiger partial charge in [-0.1, -0.05) is 41.6 Å². The maximum Gasteiger partial charge on any atom is 0.234 e. The van der Waals surface area contributed by atoms with E-state index < -0.39 is 0 Å². The number of amides is 1. The second kappa shape index (κ2) is 9.33. The number of nitrogens with one attached hydrogen (secondary N) is 1. The lowest BCUT2D eigenvalue weighted by molar-refractivity contribution is -0.113. The average molecular weight is 431 g/mol. The molecule has 0 atom stereocenters. The second-order valence-corrected chi connectivity index (χ2v) is 8.14. The fraction of sp³-hybridized carbons (Fsp3) is 0.286. The molecule has 0 radical (unpaired) electrons. The number of para-hydroxylation sites is 1. The Bertz CT molecular complexity index is 1020. The Labute approximate surface area is 179 Å². The summed E-state index contributed by atoms with van der Waals surface area (Å²) in [5.74, 6) is 1.60. The van der Waals surface area contributed by atoms with Crippen molar-refractivity contribution in [3.63, 3.8) is 0 Å². The molecule has 8 heteroatoms. The monoisotopic (exact) mass is 430 g/mol. The molecule has 3 rings (SSSR count). The molecule has 29 heavy (non-hydrogen) atoms. The van der Waals surface area contributed by atoms with Crippen LogP contribution in [0.25, 0.3) is 0 Å². The van der Waals surface area contributed by atoms with Gasteiger partial charge in [0.2, 0.25) is 5.91 Å². The summed E-state index contributed by atoms with van der Waals surface area (Å²) < 4.78 is 7.67. The van der Waals surface area contributed by atoms with Crippen LogP contribution in [0.5, 0.6) is 5.75 Å². The van der Waals surface area contributed by atoms with Gasteiger partial charge in [-0.3, -0.25) is 4.79 Å². The Morgan fingerprint density at radius 2 is 1.86 bits per heavy atom. The van der Waals surface area contributed by atoms with E-state index in [1.54, 1.807) is 6.07 Å². The Morgan fingerprint density at radius 3 is 2.55 bits per heavy atom. The summed E-state index contributed by atoms with van der Waals surface area (Å²) in [5, 5.41) is 12.7. The first-order valence-corrected chi connectivity index (χ1v) is 10.5. The highest BCUT2D eigenvalue weighted by Crippen LogP contribution is 2.24. The maximum atomic E-state index is 12.4. The van der Waals surface area contributed by atoms with E-state index in [0.29, 0.717) is 16.0 Å². The number of anilines is 1. The van der Waals surface area contributed by atoms with Crippen LogP contribution in [0.4, 0.5) is 5.69 Å². The first kappa shape index (κ1) is 21.2. The Kier molecular flexibility index (Phi) is 6.82. The number of benzene rings is 2. The van der Waals surface area contributed by atoms with E-state index in [1.165, 1.54) is 11.8 Å². The van der Waals surface area contributed by atoms with E-state index in [9.17, 15) is 4.79 Å². The molecule has 0 fully saturated rings. The minimum absolute atomic E-state index is 0.0787. The Balaban J connectivity index is 1.57. The van der Waals surface area contributed by atoms with Gasteiger partial charge in [-0.2, -0.15) is 0 Å². The van der Waals surface area contributed by atoms with Gasteiger partial charge in [0.25, 0.3) is 0 Å². The molecule has 3 aromatic rings. The van der Waals surface area contributed by atoms with Gasteiger partial charge in [-0.15, -0.1) is 10.2 Å². The highest BCUT2D eigenvalue weighted by molar-refractivity contribution is 7.99. The summed E-state index contributed by atoms with van der Waals surface area (Å²) in [4.78, 5) is 12.4. The van der Waals surface area contributed by atoms with Crippen molar-refractivity contribution in [2.45, 2.75) is 32.5 Å². The van der Waals surface area contributed by atoms with Gasteiger partial charge in [0.1, 0.15) is 12.4 Å². The van der Waals surface area contributed by atoms with Crippen LogP contribution in [0.2, 0.25) is 5.02 Å². The second-order valence-electron chi connectivity index (χ2n) is 6.76. The first-order chi connectivity index (χ1) is 13.8. The van der Waals surface area contributed by atoms with Gasteiger partial charge >= 0.3 is 0 Å². The molecule has 6 nitrogen and oxygen atoms in total. The molecule has 0 saturated carbocycles. The smallest absolute Gasteiger partial charge is 0.234 e. The number of carbonyl (C=O) groups excluding carboxylic acids is 1. The summed E-state index contributed by atoms with van der Waals surface area (Å²) in [6.07, 6.45) is 0. The zero-order chi connectivity index (χ0) is 21.0. The van der Waals surface area contributed by atoms with Crippen molar-refractivity contribution in [1.82, 2.24) is 14.8 Å². The van der Waals surface area contributed by atoms with Crippen molar-refractivity contribution in [2.75, 3.05) is 11.1 Å². The number of thioether (sulfide) groups is 1. The molecule has 1 aromatic heterocycles. The minimum Gasteiger partial charge on any atom is -0.485 e. The quantitative estimate of drug-likeness (QED) is 0.550. The zero-order valence-electron chi connectivity index (χ0n) is 16.8. The predicted molar refractivity (Wildman–Crippen MR) is 117 cm³/mol. The van der Waals surface area contributed by atoms with Crippen LogP contribution < -0.4 is 10.1 Å². The van der Waals surface area contributed by atoms with Gasteiger partial charge in [0.05, 0.1) is 5.75 Å². The van der Waals surface area contributed by atoms with E-state index in [-0.39, 0.29) is 18.3 Å². The van der Waals surface area contributed by atoms with Crippen LogP contribution in [0.15, 0.2) is 41.6 Å². The third-order valence-electron chi connectivity index (χ3n) is 4.50. The van der Waals surface area contributed by atoms with Crippen LogP contribution >= 0.6 is 23.4 Å². The number of nitrogens with zero attached hydrogens (tertiary/aromatic N) is 3. The number of rotatable bonds is 7. The van der Waals surface area contributed by atoms with Gasteiger partial charge in [0.15, 0.2) is 11.0 Å². The van der Waals surface area contributed by atoms with Gasteiger partial charge in [0, 0.05) is 17.8 Å². The molecule has 0 aliphatic carbocycles. The maximum absolute atomic E-state index is 12.4. The molecule has 1 N–H and O–H groups in total. The first-order valence-electron chi connectivity index (χ1n) is 9.11. The molecule has 0 aliphatic heterocycles. The summed E-state index contributed by atoms with van der Waals surface area (Å²) in [6.45, 7) is 6.18. The number of aryl methyl sites for hydroxylation is 3. The van der Waals surface area contributed by atoms with Gasteiger partial charge < -0.3 is 14.6 Å². The lowest BCUT2D eigenvalue weighted by Crippen LogP contribution is -2.16. The third kappa shape index (κ3) is 5.31. The van der Waals surface area contributed by atoms with Crippen LogP contribution in [0, 0.1) is 20.8 Å². The molecule has 0 bridgehead atoms. The van der Waals surface area contributed by atoms with E-state index in [0.717, 1.165) is 28.1 Å². The minimum atomic E-state index is -0.0787. The fourth-order valence-electron chi connectivity index (χ4n) is 2.83. The number of ether oxygens (including phenoxy) is 1. The highest BCUT2D eigenvalue weighted by atomic mass is 35.5. The lowest BCUT2D eigenvalue weighted by atomic mass is 10.1. The molecule has 1 amide bonds. The van der Waals surface area contributed by atoms with E-state index in [1.807, 2.05) is 62.7 Å². The van der Waals surface area contributed by atoms with Crippen molar-refractivity contribution in [2.24, 2.45) is 7.05 Å². The molecule has 0 saturated heterocycles. The molecule has 0 aliphatic rings. The van der Waals surface area contributed by atoms with Crippen molar-refractivity contribution < 1.29 is 9.53 Å². The molecule has 2 aromatic carbocycles. The largest absolute Gasteiger partial charge is 0.485 e. The van der Waals surface area contributed by atoms with E-state index in [4.69, 9.17) is 16.3 Å². The lowest BCUT2D eigenvalue weighted by Gasteiger charge is -2.11. The van der Waals surface area contributed by atoms with Crippen molar-refractivity contribution >= 4 is 35.0 Å². The summed E-state index contributed by atoms with van der Waals surface area (Å²) in [6, 6.07) is 11.4. The topological polar surface area (TPSA) is 69.0 Å². The van der Waals surface area contributed by atoms with E-state index >= 15 is 0 Å². The number of hydrogen-bond acceptors (Lipinski definition) is 5. The van der Waals surface area contributed by atoms with Crippen molar-refractivity contribution in [3.8, 4) is 5.75 Å². The van der Waals surface area contributed by atoms with Crippen LogP contribution in [-0.2, 0) is 18.4 Å². The Hall–Kier alpha value is -2.51.